The van der Waals surface area contributed by atoms with Crippen LogP contribution in [0.1, 0.15) is 22.8 Å². The summed E-state index contributed by atoms with van der Waals surface area (Å²) in [4.78, 5) is 16.4. The van der Waals surface area contributed by atoms with E-state index < -0.39 is 5.97 Å². The van der Waals surface area contributed by atoms with Gasteiger partial charge in [0.25, 0.3) is 0 Å². The number of nitrogens with two attached hydrogens (primary N) is 1. The van der Waals surface area contributed by atoms with Crippen molar-refractivity contribution in [3.63, 3.8) is 0 Å². The van der Waals surface area contributed by atoms with E-state index in [1.165, 1.54) is 0 Å². The molecule has 6 heteroatoms. The first-order valence-corrected chi connectivity index (χ1v) is 7.98. The number of benzene rings is 2. The number of carbonyl (C=O) groups excluding carboxylic acids is 1. The van der Waals surface area contributed by atoms with E-state index in [2.05, 4.69) is 20.9 Å². The maximum absolute atomic E-state index is 11.9. The molecular weight excluding hydrogens is 360 g/mol. The van der Waals surface area contributed by atoms with Gasteiger partial charge in [0.2, 0.25) is 5.89 Å². The molecule has 0 saturated heterocycles. The van der Waals surface area contributed by atoms with Crippen LogP contribution in [0.4, 0.5) is 0 Å². The van der Waals surface area contributed by atoms with Crippen LogP contribution in [0, 0.1) is 0 Å². The number of halogens is 1. The van der Waals surface area contributed by atoms with Crippen LogP contribution in [0.15, 0.2) is 45.3 Å². The van der Waals surface area contributed by atoms with Crippen LogP contribution in [-0.2, 0) is 11.3 Å². The summed E-state index contributed by atoms with van der Waals surface area (Å²) < 4.78 is 11.5. The quantitative estimate of drug-likeness (QED) is 0.700. The van der Waals surface area contributed by atoms with Crippen LogP contribution in [0.5, 0.6) is 0 Å². The maximum Gasteiger partial charge on any atom is 0.338 e. The van der Waals surface area contributed by atoms with Gasteiger partial charge in [-0.1, -0.05) is 12.1 Å². The molecule has 0 amide bonds. The smallest absolute Gasteiger partial charge is 0.338 e. The van der Waals surface area contributed by atoms with Crippen molar-refractivity contribution in [2.24, 2.45) is 5.73 Å². The average Bonchev–Trinajstić information content (AvgIpc) is 3.00. The van der Waals surface area contributed by atoms with Gasteiger partial charge in [-0.05, 0) is 52.7 Å². The molecule has 118 valence electrons. The first kappa shape index (κ1) is 15.7. The molecule has 23 heavy (non-hydrogen) atoms. The summed E-state index contributed by atoms with van der Waals surface area (Å²) in [5, 5.41) is 0. The highest BCUT2D eigenvalue weighted by Gasteiger charge is 2.16. The summed E-state index contributed by atoms with van der Waals surface area (Å²) >= 11 is 3.43. The van der Waals surface area contributed by atoms with Crippen molar-refractivity contribution in [2.45, 2.75) is 13.5 Å². The Kier molecular flexibility index (Phi) is 4.45. The predicted molar refractivity (Wildman–Crippen MR) is 91.0 cm³/mol. The van der Waals surface area contributed by atoms with Gasteiger partial charge in [-0.25, -0.2) is 9.78 Å². The minimum absolute atomic E-state index is 0.321. The molecule has 0 fully saturated rings. The second-order valence-corrected chi connectivity index (χ2v) is 5.80. The number of aromatic nitrogens is 1. The highest BCUT2D eigenvalue weighted by molar-refractivity contribution is 9.10. The van der Waals surface area contributed by atoms with Crippen LogP contribution in [0.25, 0.3) is 22.6 Å². The fourth-order valence-corrected chi connectivity index (χ4v) is 2.81. The molecule has 0 saturated carbocycles. The number of ether oxygens (including phenoxy) is 1. The van der Waals surface area contributed by atoms with E-state index in [9.17, 15) is 4.79 Å². The van der Waals surface area contributed by atoms with Crippen molar-refractivity contribution in [3.05, 3.63) is 52.0 Å². The molecule has 3 rings (SSSR count). The normalized spacial score (nSPS) is 10.9. The molecule has 0 atom stereocenters. The molecule has 0 aliphatic rings. The van der Waals surface area contributed by atoms with E-state index in [0.29, 0.717) is 40.2 Å². The zero-order valence-corrected chi connectivity index (χ0v) is 14.1. The van der Waals surface area contributed by atoms with E-state index >= 15 is 0 Å². The number of carbonyl (C=O) groups is 1. The van der Waals surface area contributed by atoms with Crippen LogP contribution in [0.3, 0.4) is 0 Å². The molecule has 0 bridgehead atoms. The molecule has 0 aliphatic heterocycles. The highest BCUT2D eigenvalue weighted by atomic mass is 79.9. The molecule has 1 aromatic heterocycles. The van der Waals surface area contributed by atoms with Gasteiger partial charge in [0.05, 0.1) is 12.2 Å². The van der Waals surface area contributed by atoms with Crippen molar-refractivity contribution in [3.8, 4) is 11.5 Å². The lowest BCUT2D eigenvalue weighted by Crippen LogP contribution is -2.04. The number of hydrogen-bond acceptors (Lipinski definition) is 5. The Morgan fingerprint density at radius 2 is 2.17 bits per heavy atom. The average molecular weight is 375 g/mol. The van der Waals surface area contributed by atoms with Crippen molar-refractivity contribution >= 4 is 33.0 Å². The predicted octanol–water partition coefficient (Wildman–Crippen LogP) is 3.89. The molecule has 3 aromatic rings. The monoisotopic (exact) mass is 374 g/mol. The third kappa shape index (κ3) is 3.13. The maximum atomic E-state index is 11.9. The van der Waals surface area contributed by atoms with E-state index in [4.69, 9.17) is 14.9 Å². The van der Waals surface area contributed by atoms with Crippen LogP contribution < -0.4 is 5.73 Å². The zero-order valence-electron chi connectivity index (χ0n) is 12.5. The highest BCUT2D eigenvalue weighted by Crippen LogP contribution is 2.30. The Hall–Kier alpha value is -2.18. The van der Waals surface area contributed by atoms with Gasteiger partial charge in [-0.2, -0.15) is 0 Å². The van der Waals surface area contributed by atoms with Crippen LogP contribution >= 0.6 is 15.9 Å². The molecular formula is C17H15BrN2O3. The topological polar surface area (TPSA) is 78.3 Å². The third-order valence-electron chi connectivity index (χ3n) is 3.37. The van der Waals surface area contributed by atoms with Gasteiger partial charge in [-0.3, -0.25) is 0 Å². The molecule has 0 unspecified atom stereocenters. The molecule has 2 aromatic carbocycles. The summed E-state index contributed by atoms with van der Waals surface area (Å²) in [6.07, 6.45) is 0. The lowest BCUT2D eigenvalue weighted by atomic mass is 10.1. The number of esters is 1. The third-order valence-corrected chi connectivity index (χ3v) is 3.97. The molecule has 0 aliphatic carbocycles. The minimum atomic E-state index is -0.391. The minimum Gasteiger partial charge on any atom is -0.462 e. The van der Waals surface area contributed by atoms with Crippen molar-refractivity contribution in [1.82, 2.24) is 4.98 Å². The molecule has 1 heterocycles. The zero-order chi connectivity index (χ0) is 16.4. The van der Waals surface area contributed by atoms with Crippen LogP contribution in [0.2, 0.25) is 0 Å². The molecule has 2 N–H and O–H groups in total. The Bertz CT molecular complexity index is 873. The van der Waals surface area contributed by atoms with Crippen LogP contribution in [-0.4, -0.2) is 17.6 Å². The van der Waals surface area contributed by atoms with Gasteiger partial charge >= 0.3 is 5.97 Å². The lowest BCUT2D eigenvalue weighted by Gasteiger charge is -2.01. The number of fused-ring (bicyclic) bond motifs is 1. The largest absolute Gasteiger partial charge is 0.462 e. The second kappa shape index (κ2) is 6.52. The Morgan fingerprint density at radius 1 is 1.35 bits per heavy atom. The van der Waals surface area contributed by atoms with Crippen molar-refractivity contribution in [2.75, 3.05) is 6.61 Å². The fraction of sp³-hybridized carbons (Fsp3) is 0.176. The van der Waals surface area contributed by atoms with Gasteiger partial charge < -0.3 is 14.9 Å². The second-order valence-electron chi connectivity index (χ2n) is 4.95. The van der Waals surface area contributed by atoms with E-state index in [0.717, 1.165) is 11.1 Å². The Morgan fingerprint density at radius 3 is 2.91 bits per heavy atom. The van der Waals surface area contributed by atoms with E-state index in [-0.39, 0.29) is 0 Å². The first-order valence-electron chi connectivity index (χ1n) is 7.19. The summed E-state index contributed by atoms with van der Waals surface area (Å²) in [6, 6.07) is 11.0. The first-order chi connectivity index (χ1) is 11.1. The molecule has 0 spiro atoms. The molecule has 0 radical (unpaired) electrons. The summed E-state index contributed by atoms with van der Waals surface area (Å²) in [6.45, 7) is 2.54. The number of oxazole rings is 1. The van der Waals surface area contributed by atoms with Gasteiger partial charge in [0.15, 0.2) is 5.58 Å². The lowest BCUT2D eigenvalue weighted by molar-refractivity contribution is 0.0526. The summed E-state index contributed by atoms with van der Waals surface area (Å²) in [7, 11) is 0. The van der Waals surface area contributed by atoms with Gasteiger partial charge in [0, 0.05) is 16.6 Å². The number of rotatable bonds is 4. The summed E-state index contributed by atoms with van der Waals surface area (Å²) in [5.41, 5.74) is 9.11. The summed E-state index contributed by atoms with van der Waals surface area (Å²) in [5.74, 6) is 0.0928. The van der Waals surface area contributed by atoms with Crippen molar-refractivity contribution in [1.29, 1.82) is 0 Å². The Labute approximate surface area is 141 Å². The SMILES string of the molecule is CCOC(=O)c1cc(Br)c2nc(-c3cccc(CN)c3)oc2c1. The Balaban J connectivity index is 2.07. The van der Waals surface area contributed by atoms with Crippen molar-refractivity contribution < 1.29 is 13.9 Å². The van der Waals surface area contributed by atoms with Gasteiger partial charge in [-0.15, -0.1) is 0 Å². The van der Waals surface area contributed by atoms with Gasteiger partial charge in [0.1, 0.15) is 5.52 Å². The standard InChI is InChI=1S/C17H15BrN2O3/c1-2-22-17(21)12-7-13(18)15-14(8-12)23-16(20-15)11-5-3-4-10(6-11)9-19/h3-8H,2,9,19H2,1H3. The van der Waals surface area contributed by atoms with E-state index in [1.54, 1.807) is 19.1 Å². The van der Waals surface area contributed by atoms with E-state index in [1.807, 2.05) is 24.3 Å². The number of hydrogen-bond donors (Lipinski definition) is 1. The number of nitrogens with zero attached hydrogens (tertiary/aromatic N) is 1. The molecule has 5 nitrogen and oxygen atoms in total. The fourth-order valence-electron chi connectivity index (χ4n) is 2.28.